The summed E-state index contributed by atoms with van der Waals surface area (Å²) in [6.07, 6.45) is 0. The SMILES string of the molecule is O=C(c1ccc(C(c2ccc(C(=O)c3c(F)cccc3F)[nH]2)c2c(F)c(F)c(F)c(F)c2F)[nH]1)c1c(F)cccc1F. The van der Waals surface area contributed by atoms with E-state index in [4.69, 9.17) is 0 Å². The van der Waals surface area contributed by atoms with Crippen LogP contribution in [0.5, 0.6) is 0 Å². The Labute approximate surface area is 229 Å². The van der Waals surface area contributed by atoms with E-state index in [2.05, 4.69) is 9.97 Å². The first-order valence-corrected chi connectivity index (χ1v) is 11.8. The standard InChI is InChI=1S/C29H13F9N2O2/c30-11-3-1-4-12(31)19(11)28(41)17-9-7-15(39-17)21(22-23(34)25(36)27(38)26(37)24(22)35)16-8-10-18(40-16)29(42)20-13(32)5-2-6-14(20)33/h1-10,21,39-40H. The predicted molar refractivity (Wildman–Crippen MR) is 128 cm³/mol. The first-order chi connectivity index (χ1) is 19.9. The number of aromatic nitrogens is 2. The molecule has 3 aromatic carbocycles. The fourth-order valence-corrected chi connectivity index (χ4v) is 4.48. The highest BCUT2D eigenvalue weighted by Gasteiger charge is 2.35. The van der Waals surface area contributed by atoms with Crippen LogP contribution in [-0.2, 0) is 0 Å². The second-order valence-corrected chi connectivity index (χ2v) is 8.92. The largest absolute Gasteiger partial charge is 0.355 e. The van der Waals surface area contributed by atoms with Gasteiger partial charge in [-0.1, -0.05) is 12.1 Å². The highest BCUT2D eigenvalue weighted by atomic mass is 19.2. The van der Waals surface area contributed by atoms with Crippen molar-refractivity contribution < 1.29 is 49.1 Å². The van der Waals surface area contributed by atoms with Crippen LogP contribution in [-0.4, -0.2) is 21.5 Å². The number of halogens is 9. The quantitative estimate of drug-likeness (QED) is 0.0906. The molecule has 0 bridgehead atoms. The Balaban J connectivity index is 1.67. The first-order valence-electron chi connectivity index (χ1n) is 11.8. The molecule has 0 amide bonds. The van der Waals surface area contributed by atoms with Crippen molar-refractivity contribution in [1.29, 1.82) is 0 Å². The van der Waals surface area contributed by atoms with Gasteiger partial charge in [0.25, 0.3) is 0 Å². The van der Waals surface area contributed by atoms with Gasteiger partial charge in [0.05, 0.1) is 28.4 Å². The number of carbonyl (C=O) groups is 2. The Hall–Kier alpha value is -5.07. The van der Waals surface area contributed by atoms with Gasteiger partial charge in [0.2, 0.25) is 17.4 Å². The molecule has 0 aliphatic rings. The molecule has 4 nitrogen and oxygen atoms in total. The Morgan fingerprint density at radius 1 is 0.476 bits per heavy atom. The van der Waals surface area contributed by atoms with Crippen LogP contribution in [0.15, 0.2) is 60.7 Å². The molecule has 214 valence electrons. The molecule has 2 heterocycles. The van der Waals surface area contributed by atoms with E-state index in [1.807, 2.05) is 0 Å². The van der Waals surface area contributed by atoms with Crippen molar-refractivity contribution in [3.05, 3.63) is 152 Å². The van der Waals surface area contributed by atoms with Gasteiger partial charge in [-0.05, 0) is 48.5 Å². The Morgan fingerprint density at radius 2 is 0.810 bits per heavy atom. The van der Waals surface area contributed by atoms with Crippen molar-refractivity contribution >= 4 is 11.6 Å². The number of benzene rings is 3. The van der Waals surface area contributed by atoms with Gasteiger partial charge in [-0.3, -0.25) is 9.59 Å². The summed E-state index contributed by atoms with van der Waals surface area (Å²) in [6.45, 7) is 0. The van der Waals surface area contributed by atoms with Gasteiger partial charge in [-0.2, -0.15) is 0 Å². The van der Waals surface area contributed by atoms with E-state index >= 15 is 8.78 Å². The minimum absolute atomic E-state index is 0.420. The maximum atomic E-state index is 15.0. The second kappa shape index (κ2) is 10.7. The van der Waals surface area contributed by atoms with Gasteiger partial charge in [-0.15, -0.1) is 0 Å². The van der Waals surface area contributed by atoms with Crippen molar-refractivity contribution in [2.24, 2.45) is 0 Å². The van der Waals surface area contributed by atoms with E-state index < -0.39 is 109 Å². The third-order valence-electron chi connectivity index (χ3n) is 6.44. The molecule has 0 aliphatic carbocycles. The minimum atomic E-state index is -2.46. The third-order valence-corrected chi connectivity index (χ3v) is 6.44. The minimum Gasteiger partial charge on any atom is -0.355 e. The lowest BCUT2D eigenvalue weighted by molar-refractivity contribution is 0.101. The zero-order valence-electron chi connectivity index (χ0n) is 20.6. The molecular formula is C29H13F9N2O2. The fraction of sp³-hybridized carbons (Fsp3) is 0.0345. The van der Waals surface area contributed by atoms with Gasteiger partial charge in [0.1, 0.15) is 23.3 Å². The molecule has 0 fully saturated rings. The first kappa shape index (κ1) is 28.5. The van der Waals surface area contributed by atoms with Crippen molar-refractivity contribution in [3.63, 3.8) is 0 Å². The molecule has 0 spiro atoms. The molecule has 42 heavy (non-hydrogen) atoms. The highest BCUT2D eigenvalue weighted by molar-refractivity contribution is 6.09. The molecule has 2 aromatic heterocycles. The summed E-state index contributed by atoms with van der Waals surface area (Å²) in [7, 11) is 0. The van der Waals surface area contributed by atoms with Crippen molar-refractivity contribution in [3.8, 4) is 0 Å². The lowest BCUT2D eigenvalue weighted by atomic mass is 9.91. The molecule has 5 rings (SSSR count). The molecule has 0 unspecified atom stereocenters. The van der Waals surface area contributed by atoms with Crippen LogP contribution in [0, 0.1) is 52.4 Å². The van der Waals surface area contributed by atoms with Crippen LogP contribution in [0.25, 0.3) is 0 Å². The molecular weight excluding hydrogens is 579 g/mol. The van der Waals surface area contributed by atoms with E-state index in [1.165, 1.54) is 0 Å². The number of H-pyrrole nitrogens is 2. The van der Waals surface area contributed by atoms with Gasteiger partial charge in [-0.25, -0.2) is 39.5 Å². The number of aromatic amines is 2. The number of ketones is 2. The van der Waals surface area contributed by atoms with Gasteiger partial charge >= 0.3 is 0 Å². The Morgan fingerprint density at radius 3 is 1.17 bits per heavy atom. The van der Waals surface area contributed by atoms with Crippen LogP contribution in [0.3, 0.4) is 0 Å². The molecule has 2 N–H and O–H groups in total. The van der Waals surface area contributed by atoms with E-state index in [1.54, 1.807) is 0 Å². The highest BCUT2D eigenvalue weighted by Crippen LogP contribution is 2.37. The summed E-state index contributed by atoms with van der Waals surface area (Å²) in [5.74, 6) is -21.0. The lowest BCUT2D eigenvalue weighted by Crippen LogP contribution is -2.15. The zero-order chi connectivity index (χ0) is 30.5. The summed E-state index contributed by atoms with van der Waals surface area (Å²) >= 11 is 0. The maximum absolute atomic E-state index is 15.0. The van der Waals surface area contributed by atoms with Crippen LogP contribution in [0.4, 0.5) is 39.5 Å². The summed E-state index contributed by atoms with van der Waals surface area (Å²) in [5, 5.41) is 0. The summed E-state index contributed by atoms with van der Waals surface area (Å²) in [4.78, 5) is 30.4. The van der Waals surface area contributed by atoms with Gasteiger partial charge in [0, 0.05) is 17.0 Å². The summed E-state index contributed by atoms with van der Waals surface area (Å²) < 4.78 is 129. The lowest BCUT2D eigenvalue weighted by Gasteiger charge is -2.18. The van der Waals surface area contributed by atoms with Gasteiger partial charge in [0.15, 0.2) is 23.3 Å². The average molecular weight is 592 g/mol. The molecule has 13 heteroatoms. The molecule has 0 radical (unpaired) electrons. The van der Waals surface area contributed by atoms with Crippen molar-refractivity contribution in [1.82, 2.24) is 9.97 Å². The Bertz CT molecular complexity index is 1720. The molecule has 5 aromatic rings. The van der Waals surface area contributed by atoms with E-state index in [-0.39, 0.29) is 0 Å². The average Bonchev–Trinajstić information content (AvgIpc) is 3.64. The van der Waals surface area contributed by atoms with Crippen molar-refractivity contribution in [2.45, 2.75) is 5.92 Å². The van der Waals surface area contributed by atoms with Crippen LogP contribution >= 0.6 is 0 Å². The normalized spacial score (nSPS) is 11.4. The zero-order valence-corrected chi connectivity index (χ0v) is 20.6. The van der Waals surface area contributed by atoms with E-state index in [0.29, 0.717) is 0 Å². The van der Waals surface area contributed by atoms with Crippen LogP contribution in [0.1, 0.15) is 55.0 Å². The van der Waals surface area contributed by atoms with Gasteiger partial charge < -0.3 is 9.97 Å². The number of rotatable bonds is 7. The third kappa shape index (κ3) is 4.66. The number of hydrogen-bond donors (Lipinski definition) is 2. The number of carbonyl (C=O) groups excluding carboxylic acids is 2. The molecule has 0 saturated carbocycles. The smallest absolute Gasteiger partial charge is 0.215 e. The van der Waals surface area contributed by atoms with Crippen LogP contribution < -0.4 is 0 Å². The topological polar surface area (TPSA) is 65.7 Å². The Kier molecular flexibility index (Phi) is 7.27. The van der Waals surface area contributed by atoms with Crippen LogP contribution in [0.2, 0.25) is 0 Å². The van der Waals surface area contributed by atoms with E-state index in [9.17, 15) is 40.3 Å². The fourth-order valence-electron chi connectivity index (χ4n) is 4.48. The second-order valence-electron chi connectivity index (χ2n) is 8.92. The molecule has 0 atom stereocenters. The summed E-state index contributed by atoms with van der Waals surface area (Å²) in [5.41, 5.74) is -5.30. The molecule has 0 saturated heterocycles. The summed E-state index contributed by atoms with van der Waals surface area (Å²) in [6, 6.07) is 9.05. The number of hydrogen-bond acceptors (Lipinski definition) is 2. The van der Waals surface area contributed by atoms with Crippen molar-refractivity contribution in [2.75, 3.05) is 0 Å². The monoisotopic (exact) mass is 592 g/mol. The predicted octanol–water partition coefficient (Wildman–Crippen LogP) is 7.24. The maximum Gasteiger partial charge on any atom is 0.215 e. The molecule has 0 aliphatic heterocycles. The van der Waals surface area contributed by atoms with E-state index in [0.717, 1.165) is 60.7 Å². The number of nitrogens with one attached hydrogen (secondary N) is 2.